The normalized spacial score (nSPS) is 17.2. The molecule has 0 aromatic heterocycles. The topological polar surface area (TPSA) is 46.9 Å². The number of aliphatic hydroxyl groups excluding tert-OH is 2. The first kappa shape index (κ1) is 13.8. The van der Waals surface area contributed by atoms with Gasteiger partial charge in [-0.05, 0) is 12.1 Å². The molecule has 1 saturated heterocycles. The van der Waals surface area contributed by atoms with Crippen molar-refractivity contribution in [3.05, 3.63) is 28.2 Å². The summed E-state index contributed by atoms with van der Waals surface area (Å²) >= 11 is 3.48. The average Bonchev–Trinajstić information content (AvgIpc) is 2.40. The van der Waals surface area contributed by atoms with Gasteiger partial charge in [0.1, 0.15) is 0 Å². The van der Waals surface area contributed by atoms with Crippen molar-refractivity contribution in [1.82, 2.24) is 4.90 Å². The van der Waals surface area contributed by atoms with Crippen LogP contribution in [0.15, 0.2) is 22.7 Å². The first-order valence-corrected chi connectivity index (χ1v) is 7.01. The van der Waals surface area contributed by atoms with Crippen LogP contribution < -0.4 is 4.90 Å². The van der Waals surface area contributed by atoms with Crippen LogP contribution in [0, 0.1) is 0 Å². The van der Waals surface area contributed by atoms with Crippen molar-refractivity contribution < 1.29 is 10.2 Å². The number of β-amino-alcohol motifs (C(OH)–C–C–N with tert-alkyl or cyclic N) is 1. The number of rotatable bonds is 4. The molecule has 0 atom stereocenters. The van der Waals surface area contributed by atoms with Gasteiger partial charge in [0.15, 0.2) is 0 Å². The Labute approximate surface area is 116 Å². The Kier molecular flexibility index (Phi) is 5.00. The van der Waals surface area contributed by atoms with Crippen molar-refractivity contribution in [2.45, 2.75) is 6.61 Å². The maximum absolute atomic E-state index is 9.39. The summed E-state index contributed by atoms with van der Waals surface area (Å²) in [5.41, 5.74) is 2.07. The van der Waals surface area contributed by atoms with E-state index in [9.17, 15) is 5.11 Å². The van der Waals surface area contributed by atoms with Crippen molar-refractivity contribution in [3.8, 4) is 0 Å². The molecular weight excluding hydrogens is 296 g/mol. The zero-order chi connectivity index (χ0) is 13.0. The summed E-state index contributed by atoms with van der Waals surface area (Å²) in [4.78, 5) is 4.55. The Hall–Kier alpha value is -0.620. The van der Waals surface area contributed by atoms with Gasteiger partial charge in [0.25, 0.3) is 0 Å². The van der Waals surface area contributed by atoms with Crippen molar-refractivity contribution in [1.29, 1.82) is 0 Å². The van der Waals surface area contributed by atoms with Crippen LogP contribution in [0.4, 0.5) is 5.69 Å². The van der Waals surface area contributed by atoms with Gasteiger partial charge in [0, 0.05) is 48.4 Å². The summed E-state index contributed by atoms with van der Waals surface area (Å²) in [6, 6.07) is 5.98. The number of aliphatic hydroxyl groups is 2. The second-order valence-corrected chi connectivity index (χ2v) is 5.40. The summed E-state index contributed by atoms with van der Waals surface area (Å²) in [5.74, 6) is 0. The van der Waals surface area contributed by atoms with E-state index in [0.717, 1.165) is 48.4 Å². The highest BCUT2D eigenvalue weighted by Gasteiger charge is 2.18. The molecule has 0 spiro atoms. The van der Waals surface area contributed by atoms with Crippen molar-refractivity contribution in [2.75, 3.05) is 44.2 Å². The zero-order valence-corrected chi connectivity index (χ0v) is 11.9. The van der Waals surface area contributed by atoms with Gasteiger partial charge < -0.3 is 15.1 Å². The van der Waals surface area contributed by atoms with Crippen molar-refractivity contribution in [2.24, 2.45) is 0 Å². The largest absolute Gasteiger partial charge is 0.395 e. The first-order valence-electron chi connectivity index (χ1n) is 6.22. The number of anilines is 1. The molecule has 1 aromatic rings. The third kappa shape index (κ3) is 3.23. The van der Waals surface area contributed by atoms with E-state index in [0.29, 0.717) is 0 Å². The third-order valence-electron chi connectivity index (χ3n) is 3.35. The van der Waals surface area contributed by atoms with Crippen LogP contribution in [0.5, 0.6) is 0 Å². The lowest BCUT2D eigenvalue weighted by Gasteiger charge is -2.36. The molecule has 100 valence electrons. The molecule has 0 amide bonds. The summed E-state index contributed by atoms with van der Waals surface area (Å²) in [6.45, 7) is 4.82. The molecule has 1 fully saturated rings. The van der Waals surface area contributed by atoms with E-state index in [4.69, 9.17) is 5.11 Å². The van der Waals surface area contributed by atoms with Gasteiger partial charge >= 0.3 is 0 Å². The van der Waals surface area contributed by atoms with Crippen LogP contribution in [0.3, 0.4) is 0 Å². The van der Waals surface area contributed by atoms with E-state index in [1.165, 1.54) is 0 Å². The summed E-state index contributed by atoms with van der Waals surface area (Å²) in [6.07, 6.45) is 0. The molecule has 1 aliphatic rings. The molecule has 0 unspecified atom stereocenters. The molecule has 1 aromatic carbocycles. The molecule has 2 rings (SSSR count). The van der Waals surface area contributed by atoms with E-state index in [-0.39, 0.29) is 13.2 Å². The molecule has 0 bridgehead atoms. The number of benzene rings is 1. The summed E-state index contributed by atoms with van der Waals surface area (Å²) < 4.78 is 1.03. The van der Waals surface area contributed by atoms with Gasteiger partial charge in [-0.3, -0.25) is 4.90 Å². The SMILES string of the molecule is OCCN1CCN(c2cc(Br)ccc2CO)CC1. The number of piperazine rings is 1. The maximum atomic E-state index is 9.39. The lowest BCUT2D eigenvalue weighted by atomic mass is 10.1. The maximum Gasteiger partial charge on any atom is 0.0702 e. The van der Waals surface area contributed by atoms with E-state index in [2.05, 4.69) is 31.8 Å². The van der Waals surface area contributed by atoms with Crippen LogP contribution >= 0.6 is 15.9 Å². The fourth-order valence-corrected chi connectivity index (χ4v) is 2.67. The molecular formula is C13H19BrN2O2. The fraction of sp³-hybridized carbons (Fsp3) is 0.538. The van der Waals surface area contributed by atoms with E-state index >= 15 is 0 Å². The number of nitrogens with zero attached hydrogens (tertiary/aromatic N) is 2. The quantitative estimate of drug-likeness (QED) is 0.872. The molecule has 1 aliphatic heterocycles. The predicted molar refractivity (Wildman–Crippen MR) is 75.8 cm³/mol. The van der Waals surface area contributed by atoms with E-state index in [1.54, 1.807) is 0 Å². The second kappa shape index (κ2) is 6.52. The minimum Gasteiger partial charge on any atom is -0.395 e. The average molecular weight is 315 g/mol. The van der Waals surface area contributed by atoms with Crippen LogP contribution in [0.2, 0.25) is 0 Å². The molecule has 5 heteroatoms. The third-order valence-corrected chi connectivity index (χ3v) is 3.84. The van der Waals surface area contributed by atoms with Gasteiger partial charge in [-0.15, -0.1) is 0 Å². The number of hydrogen-bond donors (Lipinski definition) is 2. The fourth-order valence-electron chi connectivity index (χ4n) is 2.32. The molecule has 4 nitrogen and oxygen atoms in total. The standard InChI is InChI=1S/C13H19BrN2O2/c14-12-2-1-11(10-18)13(9-12)16-5-3-15(4-6-16)7-8-17/h1-2,9,17-18H,3-8,10H2. The van der Waals surface area contributed by atoms with Gasteiger partial charge in [-0.1, -0.05) is 22.0 Å². The first-order chi connectivity index (χ1) is 8.74. The predicted octanol–water partition coefficient (Wildman–Crippen LogP) is 1.06. The Morgan fingerprint density at radius 3 is 2.44 bits per heavy atom. The van der Waals surface area contributed by atoms with Gasteiger partial charge in [0.2, 0.25) is 0 Å². The minimum atomic E-state index is 0.0689. The van der Waals surface area contributed by atoms with Crippen molar-refractivity contribution >= 4 is 21.6 Å². The smallest absolute Gasteiger partial charge is 0.0702 e. The van der Waals surface area contributed by atoms with Crippen LogP contribution in [0.25, 0.3) is 0 Å². The molecule has 2 N–H and O–H groups in total. The Bertz CT molecular complexity index is 393. The van der Waals surface area contributed by atoms with E-state index in [1.807, 2.05) is 12.1 Å². The van der Waals surface area contributed by atoms with Crippen molar-refractivity contribution in [3.63, 3.8) is 0 Å². The lowest BCUT2D eigenvalue weighted by Crippen LogP contribution is -2.47. The summed E-state index contributed by atoms with van der Waals surface area (Å²) in [5, 5.41) is 18.3. The molecule has 0 radical (unpaired) electrons. The highest BCUT2D eigenvalue weighted by Crippen LogP contribution is 2.26. The highest BCUT2D eigenvalue weighted by molar-refractivity contribution is 9.10. The highest BCUT2D eigenvalue weighted by atomic mass is 79.9. The zero-order valence-electron chi connectivity index (χ0n) is 10.3. The number of hydrogen-bond acceptors (Lipinski definition) is 4. The monoisotopic (exact) mass is 314 g/mol. The molecule has 0 aliphatic carbocycles. The Balaban J connectivity index is 2.06. The van der Waals surface area contributed by atoms with Gasteiger partial charge in [-0.2, -0.15) is 0 Å². The van der Waals surface area contributed by atoms with Gasteiger partial charge in [0.05, 0.1) is 13.2 Å². The van der Waals surface area contributed by atoms with Crippen LogP contribution in [0.1, 0.15) is 5.56 Å². The van der Waals surface area contributed by atoms with Gasteiger partial charge in [-0.25, -0.2) is 0 Å². The Morgan fingerprint density at radius 2 is 1.83 bits per heavy atom. The van der Waals surface area contributed by atoms with Crippen LogP contribution in [-0.4, -0.2) is 54.4 Å². The second-order valence-electron chi connectivity index (χ2n) is 4.48. The summed E-state index contributed by atoms with van der Waals surface area (Å²) in [7, 11) is 0. The molecule has 0 saturated carbocycles. The minimum absolute atomic E-state index is 0.0689. The van der Waals surface area contributed by atoms with E-state index < -0.39 is 0 Å². The molecule has 1 heterocycles. The van der Waals surface area contributed by atoms with Crippen LogP contribution in [-0.2, 0) is 6.61 Å². The molecule has 18 heavy (non-hydrogen) atoms. The number of halogens is 1. The lowest BCUT2D eigenvalue weighted by molar-refractivity contribution is 0.188. The Morgan fingerprint density at radius 1 is 1.11 bits per heavy atom.